The Hall–Kier alpha value is -1.24. The molecule has 0 aromatic heterocycles. The monoisotopic (exact) mass is 272 g/mol. The number of aliphatic carboxylic acids is 1. The second kappa shape index (κ2) is 4.79. The average molecular weight is 272 g/mol. The minimum absolute atomic E-state index is 0.0691. The summed E-state index contributed by atoms with van der Waals surface area (Å²) in [5.74, 6) is -0.679. The lowest BCUT2D eigenvalue weighted by Gasteiger charge is -2.26. The van der Waals surface area contributed by atoms with E-state index in [0.29, 0.717) is 18.7 Å². The van der Waals surface area contributed by atoms with Crippen molar-refractivity contribution in [3.05, 3.63) is 0 Å². The second-order valence-corrected chi connectivity index (χ2v) is 5.96. The van der Waals surface area contributed by atoms with Crippen LogP contribution in [0.3, 0.4) is 0 Å². The van der Waals surface area contributed by atoms with Crippen LogP contribution in [0, 0.1) is 5.92 Å². The van der Waals surface area contributed by atoms with E-state index in [1.807, 2.05) is 0 Å². The highest BCUT2D eigenvalue weighted by atomic mass is 32.2. The fourth-order valence-electron chi connectivity index (χ4n) is 2.26. The molecule has 2 N–H and O–H groups in total. The summed E-state index contributed by atoms with van der Waals surface area (Å²) >= 11 is 1.52. The Labute approximate surface area is 109 Å². The van der Waals surface area contributed by atoms with E-state index in [-0.39, 0.29) is 18.2 Å². The molecule has 100 valence electrons. The van der Waals surface area contributed by atoms with Crippen LogP contribution < -0.4 is 5.32 Å². The number of hydrogen-bond acceptors (Lipinski definition) is 4. The van der Waals surface area contributed by atoms with Crippen LogP contribution >= 0.6 is 11.8 Å². The Morgan fingerprint density at radius 1 is 1.56 bits per heavy atom. The van der Waals surface area contributed by atoms with Gasteiger partial charge < -0.3 is 15.3 Å². The van der Waals surface area contributed by atoms with Gasteiger partial charge in [-0.15, -0.1) is 0 Å². The first kappa shape index (κ1) is 13.2. The molecular formula is C11H16N2O4S. The molecule has 0 aliphatic carbocycles. The van der Waals surface area contributed by atoms with Crippen molar-refractivity contribution >= 4 is 29.5 Å². The number of amides is 2. The summed E-state index contributed by atoms with van der Waals surface area (Å²) in [5, 5.41) is 11.9. The summed E-state index contributed by atoms with van der Waals surface area (Å²) in [6, 6.07) is 0. The van der Waals surface area contributed by atoms with Gasteiger partial charge in [0.1, 0.15) is 5.54 Å². The summed E-state index contributed by atoms with van der Waals surface area (Å²) < 4.78 is 0. The van der Waals surface area contributed by atoms with Gasteiger partial charge in [-0.3, -0.25) is 9.59 Å². The Morgan fingerprint density at radius 3 is 2.72 bits per heavy atom. The van der Waals surface area contributed by atoms with Crippen LogP contribution in [0.5, 0.6) is 0 Å². The van der Waals surface area contributed by atoms with E-state index in [1.54, 1.807) is 7.05 Å². The van der Waals surface area contributed by atoms with E-state index < -0.39 is 17.4 Å². The number of rotatable bonds is 3. The number of carboxylic acid groups (broad SMARTS) is 1. The van der Waals surface area contributed by atoms with Crippen molar-refractivity contribution in [2.24, 2.45) is 5.92 Å². The number of thioether (sulfide) groups is 1. The van der Waals surface area contributed by atoms with Gasteiger partial charge in [-0.2, -0.15) is 11.8 Å². The topological polar surface area (TPSA) is 86.7 Å². The summed E-state index contributed by atoms with van der Waals surface area (Å²) in [5.41, 5.74) is -1.15. The summed E-state index contributed by atoms with van der Waals surface area (Å²) in [7, 11) is 1.65. The quantitative estimate of drug-likeness (QED) is 0.726. The summed E-state index contributed by atoms with van der Waals surface area (Å²) in [4.78, 5) is 36.2. The molecule has 0 saturated carbocycles. The lowest BCUT2D eigenvalue weighted by atomic mass is 9.97. The molecular weight excluding hydrogens is 256 g/mol. The maximum Gasteiger partial charge on any atom is 0.330 e. The van der Waals surface area contributed by atoms with Gasteiger partial charge >= 0.3 is 5.97 Å². The van der Waals surface area contributed by atoms with E-state index in [9.17, 15) is 19.5 Å². The molecule has 2 rings (SSSR count). The standard InChI is InChI=1S/C11H16N2O4S/c1-13-5-7(4-8(13)14)9(15)12-11(10(16)17)2-3-18-6-11/h7H,2-6H2,1H3,(H,12,15)(H,16,17)/t7-,11+/m1/s1. The number of hydrogen-bond donors (Lipinski definition) is 2. The molecule has 0 bridgehead atoms. The molecule has 2 heterocycles. The largest absolute Gasteiger partial charge is 0.479 e. The number of carbonyl (C=O) groups excluding carboxylic acids is 2. The first-order chi connectivity index (χ1) is 8.44. The van der Waals surface area contributed by atoms with E-state index in [0.717, 1.165) is 5.75 Å². The van der Waals surface area contributed by atoms with Crippen molar-refractivity contribution in [1.29, 1.82) is 0 Å². The lowest BCUT2D eigenvalue weighted by molar-refractivity contribution is -0.147. The molecule has 2 atom stereocenters. The van der Waals surface area contributed by atoms with Crippen LogP contribution in [-0.4, -0.2) is 58.4 Å². The van der Waals surface area contributed by atoms with Gasteiger partial charge in [0.25, 0.3) is 0 Å². The van der Waals surface area contributed by atoms with Crippen molar-refractivity contribution in [3.8, 4) is 0 Å². The van der Waals surface area contributed by atoms with Crippen molar-refractivity contribution in [3.63, 3.8) is 0 Å². The summed E-state index contributed by atoms with van der Waals surface area (Å²) in [6.07, 6.45) is 0.612. The molecule has 0 aromatic carbocycles. The maximum absolute atomic E-state index is 12.0. The summed E-state index contributed by atoms with van der Waals surface area (Å²) in [6.45, 7) is 0.369. The fourth-order valence-corrected chi connectivity index (χ4v) is 3.59. The van der Waals surface area contributed by atoms with E-state index in [4.69, 9.17) is 0 Å². The van der Waals surface area contributed by atoms with Gasteiger partial charge in [-0.25, -0.2) is 4.79 Å². The molecule has 0 radical (unpaired) electrons. The highest BCUT2D eigenvalue weighted by Gasteiger charge is 2.45. The zero-order chi connectivity index (χ0) is 13.3. The first-order valence-electron chi connectivity index (χ1n) is 5.82. The van der Waals surface area contributed by atoms with Gasteiger partial charge in [-0.1, -0.05) is 0 Å². The predicted octanol–water partition coefficient (Wildman–Crippen LogP) is -0.459. The van der Waals surface area contributed by atoms with E-state index in [2.05, 4.69) is 5.32 Å². The van der Waals surface area contributed by atoms with E-state index >= 15 is 0 Å². The molecule has 7 heteroatoms. The molecule has 0 aromatic rings. The highest BCUT2D eigenvalue weighted by Crippen LogP contribution is 2.29. The molecule has 0 spiro atoms. The zero-order valence-corrected chi connectivity index (χ0v) is 11.0. The number of likely N-dealkylation sites (tertiary alicyclic amines) is 1. The van der Waals surface area contributed by atoms with Crippen LogP contribution in [0.2, 0.25) is 0 Å². The Balaban J connectivity index is 2.02. The number of carboxylic acids is 1. The molecule has 2 aliphatic rings. The van der Waals surface area contributed by atoms with Crippen molar-refractivity contribution in [1.82, 2.24) is 10.2 Å². The number of carbonyl (C=O) groups is 3. The van der Waals surface area contributed by atoms with Gasteiger partial charge in [-0.05, 0) is 12.2 Å². The molecule has 2 saturated heterocycles. The molecule has 2 amide bonds. The van der Waals surface area contributed by atoms with Crippen molar-refractivity contribution in [2.45, 2.75) is 18.4 Å². The van der Waals surface area contributed by atoms with Crippen LogP contribution in [0.15, 0.2) is 0 Å². The lowest BCUT2D eigenvalue weighted by Crippen LogP contribution is -2.56. The minimum atomic E-state index is -1.15. The third kappa shape index (κ3) is 2.31. The maximum atomic E-state index is 12.0. The fraction of sp³-hybridized carbons (Fsp3) is 0.727. The number of nitrogens with one attached hydrogen (secondary N) is 1. The second-order valence-electron chi connectivity index (χ2n) is 4.85. The highest BCUT2D eigenvalue weighted by molar-refractivity contribution is 7.99. The Kier molecular flexibility index (Phi) is 3.52. The van der Waals surface area contributed by atoms with Crippen LogP contribution in [0.4, 0.5) is 0 Å². The average Bonchev–Trinajstić information content (AvgIpc) is 2.88. The smallest absolute Gasteiger partial charge is 0.330 e. The molecule has 2 aliphatic heterocycles. The van der Waals surface area contributed by atoms with Crippen LogP contribution in [0.1, 0.15) is 12.8 Å². The van der Waals surface area contributed by atoms with Gasteiger partial charge in [0, 0.05) is 25.8 Å². The minimum Gasteiger partial charge on any atom is -0.479 e. The molecule has 2 fully saturated rings. The SMILES string of the molecule is CN1C[C@H](C(=O)N[C@@]2(C(=O)O)CCSC2)CC1=O. The molecule has 18 heavy (non-hydrogen) atoms. The van der Waals surface area contributed by atoms with Gasteiger partial charge in [0.2, 0.25) is 11.8 Å². The predicted molar refractivity (Wildman–Crippen MR) is 66.2 cm³/mol. The zero-order valence-electron chi connectivity index (χ0n) is 10.1. The Morgan fingerprint density at radius 2 is 2.28 bits per heavy atom. The van der Waals surface area contributed by atoms with Gasteiger partial charge in [0.15, 0.2) is 0 Å². The van der Waals surface area contributed by atoms with Crippen molar-refractivity contribution < 1.29 is 19.5 Å². The first-order valence-corrected chi connectivity index (χ1v) is 6.97. The van der Waals surface area contributed by atoms with Crippen LogP contribution in [-0.2, 0) is 14.4 Å². The third-order valence-electron chi connectivity index (χ3n) is 3.51. The number of nitrogens with zero attached hydrogens (tertiary/aromatic N) is 1. The molecule has 6 nitrogen and oxygen atoms in total. The molecule has 0 unspecified atom stereocenters. The van der Waals surface area contributed by atoms with Crippen LogP contribution in [0.25, 0.3) is 0 Å². The van der Waals surface area contributed by atoms with E-state index in [1.165, 1.54) is 16.7 Å². The Bertz CT molecular complexity index is 393. The van der Waals surface area contributed by atoms with Gasteiger partial charge in [0.05, 0.1) is 5.92 Å². The third-order valence-corrected chi connectivity index (χ3v) is 4.70. The normalized spacial score (nSPS) is 31.7. The van der Waals surface area contributed by atoms with Crippen molar-refractivity contribution in [2.75, 3.05) is 25.1 Å².